The van der Waals surface area contributed by atoms with Crippen molar-refractivity contribution in [3.63, 3.8) is 0 Å². The third-order valence-electron chi connectivity index (χ3n) is 6.02. The third kappa shape index (κ3) is 4.13. The molecule has 1 saturated carbocycles. The molecule has 1 aliphatic carbocycles. The Morgan fingerprint density at radius 2 is 1.46 bits per heavy atom. The lowest BCUT2D eigenvalue weighted by Gasteiger charge is -2.32. The van der Waals surface area contributed by atoms with Crippen molar-refractivity contribution in [3.05, 3.63) is 59.4 Å². The summed E-state index contributed by atoms with van der Waals surface area (Å²) in [5, 5.41) is 0. The van der Waals surface area contributed by atoms with Crippen molar-refractivity contribution >= 4 is 0 Å². The Balaban J connectivity index is 1.67. The smallest absolute Gasteiger partial charge is 0.194 e. The summed E-state index contributed by atoms with van der Waals surface area (Å²) >= 11 is 0. The SMILES string of the molecule is CCCC(C)C1CCC(c2ccc(-c3cc(F)c(F)c(F)c3)cc2)CC1. The van der Waals surface area contributed by atoms with E-state index >= 15 is 0 Å². The van der Waals surface area contributed by atoms with E-state index in [1.165, 1.54) is 44.1 Å². The van der Waals surface area contributed by atoms with Crippen LogP contribution in [0.25, 0.3) is 11.1 Å². The molecular weight excluding hydrogens is 333 g/mol. The van der Waals surface area contributed by atoms with Gasteiger partial charge < -0.3 is 0 Å². The molecule has 1 aliphatic rings. The summed E-state index contributed by atoms with van der Waals surface area (Å²) in [6.07, 6.45) is 7.54. The van der Waals surface area contributed by atoms with Gasteiger partial charge in [-0.1, -0.05) is 51.0 Å². The second-order valence-corrected chi connectivity index (χ2v) is 7.75. The summed E-state index contributed by atoms with van der Waals surface area (Å²) < 4.78 is 40.0. The van der Waals surface area contributed by atoms with Crippen LogP contribution in [0.3, 0.4) is 0 Å². The molecule has 1 fully saturated rings. The van der Waals surface area contributed by atoms with Gasteiger partial charge in [0.25, 0.3) is 0 Å². The molecular formula is C23H27F3. The minimum absolute atomic E-state index is 0.366. The average Bonchev–Trinajstić information content (AvgIpc) is 2.66. The van der Waals surface area contributed by atoms with Gasteiger partial charge in [0.05, 0.1) is 0 Å². The number of hydrogen-bond donors (Lipinski definition) is 0. The molecule has 2 aromatic carbocycles. The molecule has 140 valence electrons. The molecule has 0 saturated heterocycles. The molecule has 3 heteroatoms. The third-order valence-corrected chi connectivity index (χ3v) is 6.02. The van der Waals surface area contributed by atoms with Gasteiger partial charge in [0.2, 0.25) is 0 Å². The Labute approximate surface area is 154 Å². The average molecular weight is 360 g/mol. The summed E-state index contributed by atoms with van der Waals surface area (Å²) in [4.78, 5) is 0. The molecule has 0 spiro atoms. The van der Waals surface area contributed by atoms with Crippen molar-refractivity contribution < 1.29 is 13.2 Å². The van der Waals surface area contributed by atoms with Crippen LogP contribution in [0.5, 0.6) is 0 Å². The minimum atomic E-state index is -1.42. The second-order valence-electron chi connectivity index (χ2n) is 7.75. The van der Waals surface area contributed by atoms with Crippen LogP contribution < -0.4 is 0 Å². The molecule has 1 atom stereocenters. The number of halogens is 3. The first-order valence-electron chi connectivity index (χ1n) is 9.74. The summed E-state index contributed by atoms with van der Waals surface area (Å²) in [7, 11) is 0. The van der Waals surface area contributed by atoms with Gasteiger partial charge in [-0.3, -0.25) is 0 Å². The van der Waals surface area contributed by atoms with Crippen LogP contribution in [-0.2, 0) is 0 Å². The monoisotopic (exact) mass is 360 g/mol. The van der Waals surface area contributed by atoms with E-state index in [4.69, 9.17) is 0 Å². The van der Waals surface area contributed by atoms with Crippen LogP contribution in [0.2, 0.25) is 0 Å². The molecule has 0 nitrogen and oxygen atoms in total. The van der Waals surface area contributed by atoms with Gasteiger partial charge in [-0.15, -0.1) is 0 Å². The lowest BCUT2D eigenvalue weighted by molar-refractivity contribution is 0.235. The number of rotatable bonds is 5. The largest absolute Gasteiger partial charge is 0.204 e. The van der Waals surface area contributed by atoms with E-state index in [-0.39, 0.29) is 0 Å². The molecule has 26 heavy (non-hydrogen) atoms. The van der Waals surface area contributed by atoms with Crippen LogP contribution >= 0.6 is 0 Å². The van der Waals surface area contributed by atoms with Crippen molar-refractivity contribution in [3.8, 4) is 11.1 Å². The normalized spacial score (nSPS) is 21.6. The standard InChI is InChI=1S/C23H27F3/c1-3-4-15(2)16-5-7-17(8-6-16)18-9-11-19(12-10-18)20-13-21(24)23(26)22(25)14-20/h9-17H,3-8H2,1-2H3. The maximum Gasteiger partial charge on any atom is 0.194 e. The molecule has 0 amide bonds. The zero-order valence-corrected chi connectivity index (χ0v) is 15.6. The van der Waals surface area contributed by atoms with Crippen molar-refractivity contribution in [1.82, 2.24) is 0 Å². The van der Waals surface area contributed by atoms with Crippen molar-refractivity contribution in [2.24, 2.45) is 11.8 Å². The molecule has 0 aromatic heterocycles. The van der Waals surface area contributed by atoms with Crippen molar-refractivity contribution in [1.29, 1.82) is 0 Å². The first-order valence-corrected chi connectivity index (χ1v) is 9.74. The summed E-state index contributed by atoms with van der Waals surface area (Å²) in [6, 6.07) is 9.96. The van der Waals surface area contributed by atoms with E-state index in [9.17, 15) is 13.2 Å². The van der Waals surface area contributed by atoms with Gasteiger partial charge in [0, 0.05) is 0 Å². The van der Waals surface area contributed by atoms with Gasteiger partial charge in [-0.05, 0) is 72.3 Å². The Hall–Kier alpha value is -1.77. The Bertz CT molecular complexity index is 705. The summed E-state index contributed by atoms with van der Waals surface area (Å²) in [5.41, 5.74) is 2.36. The van der Waals surface area contributed by atoms with Gasteiger partial charge >= 0.3 is 0 Å². The zero-order valence-electron chi connectivity index (χ0n) is 15.6. The minimum Gasteiger partial charge on any atom is -0.204 e. The fourth-order valence-electron chi connectivity index (χ4n) is 4.38. The fourth-order valence-corrected chi connectivity index (χ4v) is 4.38. The Morgan fingerprint density at radius 3 is 2.00 bits per heavy atom. The van der Waals surface area contributed by atoms with E-state index < -0.39 is 17.5 Å². The highest BCUT2D eigenvalue weighted by molar-refractivity contribution is 5.64. The molecule has 0 radical (unpaired) electrons. The summed E-state index contributed by atoms with van der Waals surface area (Å²) in [5.74, 6) is -1.50. The number of benzene rings is 2. The Kier molecular flexibility index (Phi) is 6.05. The second kappa shape index (κ2) is 8.28. The van der Waals surface area contributed by atoms with Crippen LogP contribution in [-0.4, -0.2) is 0 Å². The van der Waals surface area contributed by atoms with Crippen molar-refractivity contribution in [2.45, 2.75) is 58.3 Å². The van der Waals surface area contributed by atoms with Crippen molar-refractivity contribution in [2.75, 3.05) is 0 Å². The highest BCUT2D eigenvalue weighted by atomic mass is 19.2. The van der Waals surface area contributed by atoms with E-state index in [0.717, 1.165) is 24.0 Å². The predicted octanol–water partition coefficient (Wildman–Crippen LogP) is 7.48. The van der Waals surface area contributed by atoms with E-state index in [0.29, 0.717) is 17.0 Å². The molecule has 0 aliphatic heterocycles. The summed E-state index contributed by atoms with van der Waals surface area (Å²) in [6.45, 7) is 4.63. The fraction of sp³-hybridized carbons (Fsp3) is 0.478. The lowest BCUT2D eigenvalue weighted by atomic mass is 9.73. The molecule has 0 N–H and O–H groups in total. The highest BCUT2D eigenvalue weighted by Gasteiger charge is 2.25. The van der Waals surface area contributed by atoms with Gasteiger partial charge in [0.1, 0.15) is 0 Å². The van der Waals surface area contributed by atoms with Gasteiger partial charge in [-0.25, -0.2) is 13.2 Å². The van der Waals surface area contributed by atoms with E-state index in [1.807, 2.05) is 12.1 Å². The van der Waals surface area contributed by atoms with Gasteiger partial charge in [0.15, 0.2) is 17.5 Å². The maximum atomic E-state index is 13.4. The van der Waals surface area contributed by atoms with Crippen LogP contribution in [0.15, 0.2) is 36.4 Å². The predicted molar refractivity (Wildman–Crippen MR) is 101 cm³/mol. The molecule has 1 unspecified atom stereocenters. The molecule has 3 rings (SSSR count). The Morgan fingerprint density at radius 1 is 0.885 bits per heavy atom. The van der Waals surface area contributed by atoms with Crippen LogP contribution in [0, 0.1) is 29.3 Å². The maximum absolute atomic E-state index is 13.4. The zero-order chi connectivity index (χ0) is 18.7. The first kappa shape index (κ1) is 19.0. The highest BCUT2D eigenvalue weighted by Crippen LogP contribution is 2.40. The van der Waals surface area contributed by atoms with E-state index in [2.05, 4.69) is 26.0 Å². The molecule has 0 bridgehead atoms. The van der Waals surface area contributed by atoms with Crippen LogP contribution in [0.4, 0.5) is 13.2 Å². The molecule has 2 aromatic rings. The lowest BCUT2D eigenvalue weighted by Crippen LogP contribution is -2.19. The number of hydrogen-bond acceptors (Lipinski definition) is 0. The quantitative estimate of drug-likeness (QED) is 0.485. The first-order chi connectivity index (χ1) is 12.5. The van der Waals surface area contributed by atoms with E-state index in [1.54, 1.807) is 0 Å². The topological polar surface area (TPSA) is 0 Å². The van der Waals surface area contributed by atoms with Gasteiger partial charge in [-0.2, -0.15) is 0 Å². The molecule has 0 heterocycles. The van der Waals surface area contributed by atoms with Crippen LogP contribution in [0.1, 0.15) is 63.9 Å².